The van der Waals surface area contributed by atoms with Crippen molar-refractivity contribution in [3.05, 3.63) is 0 Å². The summed E-state index contributed by atoms with van der Waals surface area (Å²) < 4.78 is 0. The van der Waals surface area contributed by atoms with Crippen molar-refractivity contribution in [3.63, 3.8) is 0 Å². The van der Waals surface area contributed by atoms with Crippen LogP contribution in [0.1, 0.15) is 0 Å². The van der Waals surface area contributed by atoms with Crippen LogP contribution < -0.4 is 0 Å². The molecule has 0 aromatic rings. The predicted octanol–water partition coefficient (Wildman–Crippen LogP) is -0.767. The maximum atomic E-state index is 0. The van der Waals surface area contributed by atoms with Crippen LogP contribution in [0.5, 0.6) is 0 Å². The Morgan fingerprint density at radius 1 is 0.750 bits per heavy atom. The molecule has 0 nitrogen and oxygen atoms in total. The monoisotopic (exact) mass is 306 g/mol. The molecule has 0 fully saturated rings. The van der Waals surface area contributed by atoms with E-state index in [-0.39, 0.29) is 126 Å². The third-order valence-electron chi connectivity index (χ3n) is 0. The van der Waals surface area contributed by atoms with Crippen LogP contribution in [0.3, 0.4) is 0 Å². The van der Waals surface area contributed by atoms with Gasteiger partial charge < -0.3 is 0 Å². The van der Waals surface area contributed by atoms with Crippen LogP contribution in [0.15, 0.2) is 0 Å². The Kier molecular flexibility index (Phi) is 95.7. The molecule has 0 amide bonds. The maximum absolute atomic E-state index is 0. The second-order valence-corrected chi connectivity index (χ2v) is 0. The Bertz CT molecular complexity index is 6.00. The molecule has 0 aromatic carbocycles. The van der Waals surface area contributed by atoms with Crippen LogP contribution >= 0.6 is 0 Å². The predicted molar refractivity (Wildman–Crippen MR) is 11.5 cm³/mol. The van der Waals surface area contributed by atoms with Gasteiger partial charge in [-0.05, 0) is 0 Å². The Labute approximate surface area is 122 Å². The van der Waals surface area contributed by atoms with Gasteiger partial charge in [0, 0.05) is 126 Å². The summed E-state index contributed by atoms with van der Waals surface area (Å²) in [5.74, 6) is 0. The molecule has 0 aliphatic carbocycles. The second kappa shape index (κ2) is 15.7. The fraction of sp³-hybridized carbons (Fsp3) is 0. The van der Waals surface area contributed by atoms with Crippen molar-refractivity contribution in [2.75, 3.05) is 0 Å². The first-order chi connectivity index (χ1) is 0. The van der Waals surface area contributed by atoms with Gasteiger partial charge in [-0.15, -0.1) is 0 Å². The van der Waals surface area contributed by atoms with E-state index in [9.17, 15) is 0 Å². The fourth-order valence-corrected chi connectivity index (χ4v) is 0. The van der Waals surface area contributed by atoms with Crippen LogP contribution in [0, 0.1) is 0 Å². The van der Waals surface area contributed by atoms with E-state index in [0.29, 0.717) is 0 Å². The third-order valence-corrected chi connectivity index (χ3v) is 0. The summed E-state index contributed by atoms with van der Waals surface area (Å²) in [6.07, 6.45) is 0. The maximum Gasteiger partial charge on any atom is 0 e. The van der Waals surface area contributed by atoms with Crippen molar-refractivity contribution in [1.82, 2.24) is 0 Å². The van der Waals surface area contributed by atoms with Gasteiger partial charge in [0.1, 0.15) is 0 Å². The van der Waals surface area contributed by atoms with E-state index in [2.05, 4.69) is 0 Å². The largest absolute Gasteiger partial charge is 0 e. The van der Waals surface area contributed by atoms with E-state index in [1.54, 1.807) is 0 Å². The van der Waals surface area contributed by atoms with Crippen LogP contribution in [-0.4, -0.2) is 86.6 Å². The Hall–Kier alpha value is 4.08. The summed E-state index contributed by atoms with van der Waals surface area (Å²) in [6.45, 7) is 0. The Balaban J connectivity index is 0. The molecular formula is BaCaZn2. The van der Waals surface area contributed by atoms with Crippen molar-refractivity contribution in [3.8, 4) is 0 Å². The second-order valence-electron chi connectivity index (χ2n) is 0. The van der Waals surface area contributed by atoms with Gasteiger partial charge in [-0.1, -0.05) is 0 Å². The first-order valence-electron chi connectivity index (χ1n) is 0. The quantitative estimate of drug-likeness (QED) is 0.516. The summed E-state index contributed by atoms with van der Waals surface area (Å²) >= 11 is 0. The van der Waals surface area contributed by atoms with Gasteiger partial charge in [0.2, 0.25) is 0 Å². The van der Waals surface area contributed by atoms with E-state index in [1.165, 1.54) is 0 Å². The van der Waals surface area contributed by atoms with Gasteiger partial charge in [0.25, 0.3) is 0 Å². The average molecular weight is 308 g/mol. The molecule has 4 heteroatoms. The molecule has 4 radical (unpaired) electrons. The van der Waals surface area contributed by atoms with Crippen LogP contribution in [0.2, 0.25) is 0 Å². The fourth-order valence-electron chi connectivity index (χ4n) is 0. The minimum Gasteiger partial charge on any atom is 0 e. The first-order valence-corrected chi connectivity index (χ1v) is 0. The molecule has 0 heterocycles. The van der Waals surface area contributed by atoms with Crippen LogP contribution in [0.4, 0.5) is 0 Å². The smallest absolute Gasteiger partial charge is 0 e. The molecule has 0 spiro atoms. The normalized spacial score (nSPS) is 0. The molecule has 0 saturated heterocycles. The summed E-state index contributed by atoms with van der Waals surface area (Å²) in [6, 6.07) is 0. The molecule has 0 atom stereocenters. The molecule has 0 N–H and O–H groups in total. The molecule has 0 aliphatic heterocycles. The Morgan fingerprint density at radius 2 is 0.750 bits per heavy atom. The SMILES string of the molecule is [Ba].[Ca].[Zn].[Zn]. The molecular weight excluding hydrogens is 308 g/mol. The molecule has 0 aromatic heterocycles. The third kappa shape index (κ3) is 9.42. The Morgan fingerprint density at radius 3 is 0.750 bits per heavy atom. The zero-order valence-electron chi connectivity index (χ0n) is 2.83. The van der Waals surface area contributed by atoms with Gasteiger partial charge in [-0.2, -0.15) is 0 Å². The molecule has 0 aliphatic rings. The van der Waals surface area contributed by atoms with E-state index in [1.807, 2.05) is 0 Å². The van der Waals surface area contributed by atoms with Crippen LogP contribution in [0.25, 0.3) is 0 Å². The topological polar surface area (TPSA) is 0 Å². The van der Waals surface area contributed by atoms with Gasteiger partial charge in [0.15, 0.2) is 0 Å². The van der Waals surface area contributed by atoms with Gasteiger partial charge in [-0.3, -0.25) is 0 Å². The minimum atomic E-state index is 0. The van der Waals surface area contributed by atoms with Crippen molar-refractivity contribution < 1.29 is 39.0 Å². The molecule has 8 valence electrons. The standard InChI is InChI=1S/Ba.Ca.2Zn. The van der Waals surface area contributed by atoms with E-state index in [4.69, 9.17) is 0 Å². The van der Waals surface area contributed by atoms with Crippen molar-refractivity contribution in [2.24, 2.45) is 0 Å². The summed E-state index contributed by atoms with van der Waals surface area (Å²) in [5.41, 5.74) is 0. The number of rotatable bonds is 0. The summed E-state index contributed by atoms with van der Waals surface area (Å²) in [5, 5.41) is 0. The van der Waals surface area contributed by atoms with Crippen LogP contribution in [-0.2, 0) is 39.0 Å². The molecule has 0 bridgehead atoms. The zero-order valence-corrected chi connectivity index (χ0v) is 15.4. The van der Waals surface area contributed by atoms with Gasteiger partial charge in [0.05, 0.1) is 0 Å². The minimum absolute atomic E-state index is 0. The van der Waals surface area contributed by atoms with Crippen molar-refractivity contribution in [2.45, 2.75) is 0 Å². The molecule has 0 rings (SSSR count). The molecule has 0 unspecified atom stereocenters. The first kappa shape index (κ1) is 24.3. The average Bonchev–Trinajstić information content (AvgIpc) is 0. The summed E-state index contributed by atoms with van der Waals surface area (Å²) in [4.78, 5) is 0. The van der Waals surface area contributed by atoms with E-state index < -0.39 is 0 Å². The number of hydrogen-bond acceptors (Lipinski definition) is 0. The van der Waals surface area contributed by atoms with Gasteiger partial charge >= 0.3 is 0 Å². The van der Waals surface area contributed by atoms with Crippen molar-refractivity contribution in [1.29, 1.82) is 0 Å². The zero-order chi connectivity index (χ0) is 0. The summed E-state index contributed by atoms with van der Waals surface area (Å²) in [7, 11) is 0. The molecule has 4 heavy (non-hydrogen) atoms. The number of hydrogen-bond donors (Lipinski definition) is 0. The van der Waals surface area contributed by atoms with Gasteiger partial charge in [-0.25, -0.2) is 0 Å². The van der Waals surface area contributed by atoms with Crippen molar-refractivity contribution >= 4 is 86.6 Å². The van der Waals surface area contributed by atoms with E-state index >= 15 is 0 Å². The molecule has 0 saturated carbocycles. The van der Waals surface area contributed by atoms with E-state index in [0.717, 1.165) is 0 Å².